The predicted octanol–water partition coefficient (Wildman–Crippen LogP) is 2.92. The van der Waals surface area contributed by atoms with Gasteiger partial charge < -0.3 is 10.2 Å². The van der Waals surface area contributed by atoms with Crippen molar-refractivity contribution in [3.8, 4) is 6.07 Å². The largest absolute Gasteiger partial charge is 0.321 e. The Bertz CT molecular complexity index is 974. The molecule has 4 rings (SSSR count). The van der Waals surface area contributed by atoms with Crippen molar-refractivity contribution in [1.82, 2.24) is 4.98 Å². The first-order chi connectivity index (χ1) is 13.2. The molecule has 2 N–H and O–H groups in total. The minimum atomic E-state index is -0.0203. The van der Waals surface area contributed by atoms with E-state index in [0.29, 0.717) is 17.8 Å². The fourth-order valence-corrected chi connectivity index (χ4v) is 4.87. The molecule has 2 atom stereocenters. The van der Waals surface area contributed by atoms with Gasteiger partial charge in [-0.1, -0.05) is 18.2 Å². The van der Waals surface area contributed by atoms with Crippen LogP contribution in [-0.4, -0.2) is 24.0 Å². The third-order valence-corrected chi connectivity index (χ3v) is 6.16. The fourth-order valence-electron chi connectivity index (χ4n) is 3.71. The quantitative estimate of drug-likeness (QED) is 0.734. The Morgan fingerprint density at radius 2 is 2.15 bits per heavy atom. The van der Waals surface area contributed by atoms with Crippen LogP contribution in [0, 0.1) is 11.3 Å². The Morgan fingerprint density at radius 1 is 1.26 bits per heavy atom. The number of hydrogen-bond donors (Lipinski definition) is 2. The second kappa shape index (κ2) is 7.87. The maximum atomic E-state index is 12.6. The Kier molecular flexibility index (Phi) is 5.14. The molecule has 0 saturated carbocycles. The molecule has 0 aliphatic carbocycles. The summed E-state index contributed by atoms with van der Waals surface area (Å²) in [6.07, 6.45) is 3.37. The van der Waals surface area contributed by atoms with Gasteiger partial charge in [0.25, 0.3) is 5.91 Å². The van der Waals surface area contributed by atoms with Crippen LogP contribution in [0.1, 0.15) is 35.9 Å². The van der Waals surface area contributed by atoms with E-state index < -0.39 is 0 Å². The van der Waals surface area contributed by atoms with E-state index >= 15 is 0 Å². The number of rotatable bonds is 4. The number of hydrogen-bond acceptors (Lipinski definition) is 4. The number of piperidine rings is 1. The van der Waals surface area contributed by atoms with E-state index in [9.17, 15) is 4.79 Å². The highest BCUT2D eigenvalue weighted by Gasteiger charge is 2.31. The van der Waals surface area contributed by atoms with Crippen molar-refractivity contribution in [2.24, 2.45) is 0 Å². The molecule has 1 aliphatic rings. The van der Waals surface area contributed by atoms with Crippen molar-refractivity contribution in [1.29, 1.82) is 5.26 Å². The number of para-hydroxylation sites is 1. The second-order valence-electron chi connectivity index (χ2n) is 6.89. The highest BCUT2D eigenvalue weighted by atomic mass is 32.1. The van der Waals surface area contributed by atoms with Crippen LogP contribution < -0.4 is 10.2 Å². The van der Waals surface area contributed by atoms with Crippen molar-refractivity contribution in [3.05, 3.63) is 59.1 Å². The molecule has 5 nitrogen and oxygen atoms in total. The molecule has 1 unspecified atom stereocenters. The van der Waals surface area contributed by atoms with E-state index in [-0.39, 0.29) is 11.9 Å². The number of aromatic nitrogens is 1. The van der Waals surface area contributed by atoms with E-state index in [2.05, 4.69) is 17.5 Å². The van der Waals surface area contributed by atoms with Crippen molar-refractivity contribution in [2.75, 3.05) is 18.4 Å². The van der Waals surface area contributed by atoms with Crippen LogP contribution in [0.5, 0.6) is 0 Å². The van der Waals surface area contributed by atoms with Crippen molar-refractivity contribution >= 4 is 33.1 Å². The average molecular weight is 377 g/mol. The summed E-state index contributed by atoms with van der Waals surface area (Å²) in [6.45, 7) is 1.39. The van der Waals surface area contributed by atoms with Gasteiger partial charge in [-0.25, -0.2) is 4.98 Å². The number of thiazole rings is 1. The Hall–Kier alpha value is -2.75. The zero-order valence-electron chi connectivity index (χ0n) is 14.9. The average Bonchev–Trinajstić information content (AvgIpc) is 3.12. The SMILES string of the molecule is N#Cc1cccc(NC(=O)C[NH+]2CCCC[C@@H]2c2nc3ccccc3s2)c1. The van der Waals surface area contributed by atoms with E-state index in [4.69, 9.17) is 10.2 Å². The number of nitrogens with one attached hydrogen (secondary N) is 2. The molecule has 27 heavy (non-hydrogen) atoms. The van der Waals surface area contributed by atoms with Crippen LogP contribution in [0.25, 0.3) is 10.2 Å². The van der Waals surface area contributed by atoms with Gasteiger partial charge >= 0.3 is 0 Å². The number of likely N-dealkylation sites (tertiary alicyclic amines) is 1. The lowest BCUT2D eigenvalue weighted by atomic mass is 10.0. The van der Waals surface area contributed by atoms with E-state index in [0.717, 1.165) is 29.9 Å². The van der Waals surface area contributed by atoms with Gasteiger partial charge in [0.1, 0.15) is 6.04 Å². The smallest absolute Gasteiger partial charge is 0.279 e. The highest BCUT2D eigenvalue weighted by molar-refractivity contribution is 7.18. The van der Waals surface area contributed by atoms with E-state index in [1.54, 1.807) is 29.5 Å². The van der Waals surface area contributed by atoms with Crippen LogP contribution in [0.4, 0.5) is 5.69 Å². The lowest BCUT2D eigenvalue weighted by molar-refractivity contribution is -0.929. The monoisotopic (exact) mass is 377 g/mol. The first-order valence-electron chi connectivity index (χ1n) is 9.23. The summed E-state index contributed by atoms with van der Waals surface area (Å²) in [5.41, 5.74) is 2.26. The molecule has 1 fully saturated rings. The third-order valence-electron chi connectivity index (χ3n) is 5.01. The maximum absolute atomic E-state index is 12.6. The van der Waals surface area contributed by atoms with Crippen LogP contribution in [0.3, 0.4) is 0 Å². The summed E-state index contributed by atoms with van der Waals surface area (Å²) >= 11 is 1.74. The predicted molar refractivity (Wildman–Crippen MR) is 107 cm³/mol. The third kappa shape index (κ3) is 4.00. The van der Waals surface area contributed by atoms with Crippen LogP contribution in [0.2, 0.25) is 0 Å². The minimum absolute atomic E-state index is 0.0203. The van der Waals surface area contributed by atoms with E-state index in [1.165, 1.54) is 16.0 Å². The molecule has 6 heteroatoms. The summed E-state index contributed by atoms with van der Waals surface area (Å²) in [4.78, 5) is 18.7. The number of carbonyl (C=O) groups excluding carboxylic acids is 1. The summed E-state index contributed by atoms with van der Waals surface area (Å²) in [7, 11) is 0. The first kappa shape index (κ1) is 17.7. The number of carbonyl (C=O) groups is 1. The summed E-state index contributed by atoms with van der Waals surface area (Å²) < 4.78 is 1.20. The number of benzene rings is 2. The molecule has 3 aromatic rings. The zero-order chi connectivity index (χ0) is 18.6. The van der Waals surface area contributed by atoms with Crippen LogP contribution >= 0.6 is 11.3 Å². The van der Waals surface area contributed by atoms with Crippen molar-refractivity contribution in [3.63, 3.8) is 0 Å². The Labute approximate surface area is 162 Å². The van der Waals surface area contributed by atoms with Gasteiger partial charge in [0.2, 0.25) is 0 Å². The van der Waals surface area contributed by atoms with Gasteiger partial charge in [0.05, 0.1) is 28.4 Å². The molecule has 1 saturated heterocycles. The van der Waals surface area contributed by atoms with Crippen LogP contribution in [-0.2, 0) is 4.79 Å². The summed E-state index contributed by atoms with van der Waals surface area (Å²) in [5.74, 6) is -0.0203. The standard InChI is InChI=1S/C21H20N4OS/c22-13-15-6-5-7-16(12-15)23-20(26)14-25-11-4-3-9-18(25)21-24-17-8-1-2-10-19(17)27-21/h1-2,5-8,10,12,18H,3-4,9,11,14H2,(H,23,26)/p+1/t18-/m1/s1. The summed E-state index contributed by atoms with van der Waals surface area (Å²) in [6, 6.07) is 17.6. The summed E-state index contributed by atoms with van der Waals surface area (Å²) in [5, 5.41) is 13.1. The molecular weight excluding hydrogens is 356 g/mol. The number of nitriles is 1. The highest BCUT2D eigenvalue weighted by Crippen LogP contribution is 2.28. The molecule has 0 spiro atoms. The van der Waals surface area contributed by atoms with E-state index in [1.807, 2.05) is 24.3 Å². The molecule has 136 valence electrons. The lowest BCUT2D eigenvalue weighted by Crippen LogP contribution is -3.14. The number of anilines is 1. The zero-order valence-corrected chi connectivity index (χ0v) is 15.8. The fraction of sp³-hybridized carbons (Fsp3) is 0.286. The Morgan fingerprint density at radius 3 is 3.00 bits per heavy atom. The number of amides is 1. The lowest BCUT2D eigenvalue weighted by Gasteiger charge is -2.30. The molecule has 2 aromatic carbocycles. The minimum Gasteiger partial charge on any atom is -0.321 e. The Balaban J connectivity index is 1.48. The molecule has 1 aromatic heterocycles. The van der Waals surface area contributed by atoms with Crippen LogP contribution in [0.15, 0.2) is 48.5 Å². The topological polar surface area (TPSA) is 70.2 Å². The normalized spacial score (nSPS) is 19.5. The van der Waals surface area contributed by atoms with Crippen molar-refractivity contribution < 1.29 is 9.69 Å². The second-order valence-corrected chi connectivity index (χ2v) is 7.96. The van der Waals surface area contributed by atoms with Gasteiger partial charge in [-0.3, -0.25) is 4.79 Å². The van der Waals surface area contributed by atoms with Gasteiger partial charge in [0.15, 0.2) is 11.6 Å². The maximum Gasteiger partial charge on any atom is 0.279 e. The number of fused-ring (bicyclic) bond motifs is 1. The molecule has 0 radical (unpaired) electrons. The first-order valence-corrected chi connectivity index (χ1v) is 10.0. The van der Waals surface area contributed by atoms with Gasteiger partial charge in [0, 0.05) is 12.1 Å². The molecular formula is C21H21N4OS+. The number of quaternary nitrogens is 1. The van der Waals surface area contributed by atoms with Crippen molar-refractivity contribution in [2.45, 2.75) is 25.3 Å². The molecule has 0 bridgehead atoms. The van der Waals surface area contributed by atoms with Gasteiger partial charge in [-0.2, -0.15) is 5.26 Å². The van der Waals surface area contributed by atoms with Gasteiger partial charge in [-0.15, -0.1) is 11.3 Å². The molecule has 1 amide bonds. The van der Waals surface area contributed by atoms with Gasteiger partial charge in [-0.05, 0) is 43.2 Å². The number of nitrogens with zero attached hydrogens (tertiary/aromatic N) is 2. The molecule has 2 heterocycles. The molecule has 1 aliphatic heterocycles.